The molecule has 0 radical (unpaired) electrons. The number of amides is 1. The van der Waals surface area contributed by atoms with Crippen molar-refractivity contribution >= 4 is 5.91 Å². The molecule has 1 aliphatic heterocycles. The number of hydrogen-bond acceptors (Lipinski definition) is 6. The van der Waals surface area contributed by atoms with E-state index in [0.717, 1.165) is 18.7 Å². The molecule has 2 aromatic heterocycles. The maximum absolute atomic E-state index is 12.3. The quantitative estimate of drug-likeness (QED) is 0.824. The average molecular weight is 319 g/mol. The van der Waals surface area contributed by atoms with Crippen molar-refractivity contribution in [2.24, 2.45) is 0 Å². The Balaban J connectivity index is 1.55. The van der Waals surface area contributed by atoms with Crippen LogP contribution in [-0.2, 0) is 22.5 Å². The number of aromatic nitrogens is 6. The van der Waals surface area contributed by atoms with Gasteiger partial charge in [0.05, 0.1) is 19.7 Å². The molecule has 1 unspecified atom stereocenters. The van der Waals surface area contributed by atoms with Crippen molar-refractivity contribution in [1.29, 1.82) is 0 Å². The molecular weight excluding hydrogens is 298 g/mol. The van der Waals surface area contributed by atoms with Gasteiger partial charge in [-0.2, -0.15) is 10.2 Å². The number of aryl methyl sites for hydroxylation is 2. The lowest BCUT2D eigenvalue weighted by atomic mass is 10.2. The topological polar surface area (TPSA) is 102 Å². The summed E-state index contributed by atoms with van der Waals surface area (Å²) >= 11 is 0. The predicted octanol–water partition coefficient (Wildman–Crippen LogP) is 0.339. The first-order chi connectivity index (χ1) is 11.3. The molecule has 124 valence electrons. The second-order valence-corrected chi connectivity index (χ2v) is 5.50. The van der Waals surface area contributed by atoms with E-state index in [9.17, 15) is 4.79 Å². The van der Waals surface area contributed by atoms with E-state index in [0.29, 0.717) is 38.5 Å². The summed E-state index contributed by atoms with van der Waals surface area (Å²) in [7, 11) is 0. The lowest BCUT2D eigenvalue weighted by Gasteiger charge is -2.31. The van der Waals surface area contributed by atoms with Crippen molar-refractivity contribution in [2.75, 3.05) is 19.7 Å². The first-order valence-electron chi connectivity index (χ1n) is 7.89. The molecule has 0 saturated carbocycles. The zero-order valence-corrected chi connectivity index (χ0v) is 13.2. The molecule has 1 atom stereocenters. The molecule has 1 amide bonds. The zero-order chi connectivity index (χ0) is 16.1. The Hall–Kier alpha value is -2.29. The van der Waals surface area contributed by atoms with E-state index in [2.05, 4.69) is 32.2 Å². The summed E-state index contributed by atoms with van der Waals surface area (Å²) in [5.74, 6) is 1.57. The van der Waals surface area contributed by atoms with Gasteiger partial charge in [0.2, 0.25) is 5.91 Å². The van der Waals surface area contributed by atoms with Crippen molar-refractivity contribution < 1.29 is 9.53 Å². The number of nitrogens with one attached hydrogen (secondary N) is 1. The van der Waals surface area contributed by atoms with Crippen LogP contribution in [0.25, 0.3) is 0 Å². The predicted molar refractivity (Wildman–Crippen MR) is 80.3 cm³/mol. The lowest BCUT2D eigenvalue weighted by molar-refractivity contribution is -0.139. The zero-order valence-electron chi connectivity index (χ0n) is 13.2. The summed E-state index contributed by atoms with van der Waals surface area (Å²) in [6.07, 6.45) is 5.07. The molecule has 9 heteroatoms. The van der Waals surface area contributed by atoms with E-state index < -0.39 is 0 Å². The molecule has 3 rings (SSSR count). The van der Waals surface area contributed by atoms with Crippen LogP contribution in [0.4, 0.5) is 0 Å². The molecule has 1 aliphatic rings. The van der Waals surface area contributed by atoms with E-state index in [4.69, 9.17) is 4.74 Å². The van der Waals surface area contributed by atoms with Gasteiger partial charge in [0.15, 0.2) is 5.82 Å². The summed E-state index contributed by atoms with van der Waals surface area (Å²) in [5, 5.41) is 11.1. The van der Waals surface area contributed by atoms with Gasteiger partial charge in [0.25, 0.3) is 0 Å². The van der Waals surface area contributed by atoms with Gasteiger partial charge in [-0.3, -0.25) is 14.6 Å². The highest BCUT2D eigenvalue weighted by Gasteiger charge is 2.27. The number of ether oxygens (including phenoxy) is 1. The van der Waals surface area contributed by atoms with Crippen LogP contribution < -0.4 is 0 Å². The van der Waals surface area contributed by atoms with E-state index in [1.807, 2.05) is 0 Å². The highest BCUT2D eigenvalue weighted by atomic mass is 16.5. The third-order valence-corrected chi connectivity index (χ3v) is 3.76. The molecular formula is C14H21N7O2. The summed E-state index contributed by atoms with van der Waals surface area (Å²) in [6.45, 7) is 4.20. The number of aromatic amines is 1. The molecule has 0 bridgehead atoms. The van der Waals surface area contributed by atoms with Crippen molar-refractivity contribution in [3.8, 4) is 0 Å². The largest absolute Gasteiger partial charge is 0.366 e. The van der Waals surface area contributed by atoms with Gasteiger partial charge >= 0.3 is 0 Å². The van der Waals surface area contributed by atoms with Crippen LogP contribution in [0.3, 0.4) is 0 Å². The van der Waals surface area contributed by atoms with Crippen LogP contribution in [0.1, 0.15) is 37.5 Å². The number of hydrogen-bond donors (Lipinski definition) is 1. The highest BCUT2D eigenvalue weighted by Crippen LogP contribution is 2.19. The Bertz CT molecular complexity index is 625. The fourth-order valence-electron chi connectivity index (χ4n) is 2.55. The molecule has 0 aromatic carbocycles. The van der Waals surface area contributed by atoms with Crippen LogP contribution in [-0.4, -0.2) is 60.4 Å². The summed E-state index contributed by atoms with van der Waals surface area (Å²) in [5.41, 5.74) is 0. The first-order valence-corrected chi connectivity index (χ1v) is 7.89. The number of rotatable bonds is 6. The Morgan fingerprint density at radius 2 is 2.43 bits per heavy atom. The van der Waals surface area contributed by atoms with E-state index in [-0.39, 0.29) is 12.0 Å². The van der Waals surface area contributed by atoms with Crippen LogP contribution >= 0.6 is 0 Å². The molecule has 3 heterocycles. The number of morpholine rings is 1. The molecule has 23 heavy (non-hydrogen) atoms. The van der Waals surface area contributed by atoms with Crippen molar-refractivity contribution in [3.05, 3.63) is 24.3 Å². The molecule has 1 saturated heterocycles. The first kappa shape index (κ1) is 15.6. The van der Waals surface area contributed by atoms with E-state index in [1.54, 1.807) is 15.9 Å². The molecule has 0 aliphatic carbocycles. The van der Waals surface area contributed by atoms with Crippen LogP contribution in [0.15, 0.2) is 12.7 Å². The van der Waals surface area contributed by atoms with Gasteiger partial charge in [-0.1, -0.05) is 6.92 Å². The Morgan fingerprint density at radius 1 is 1.52 bits per heavy atom. The number of H-pyrrole nitrogens is 1. The third kappa shape index (κ3) is 3.92. The normalized spacial score (nSPS) is 18.3. The summed E-state index contributed by atoms with van der Waals surface area (Å²) < 4.78 is 7.37. The average Bonchev–Trinajstić information content (AvgIpc) is 3.25. The minimum Gasteiger partial charge on any atom is -0.366 e. The summed E-state index contributed by atoms with van der Waals surface area (Å²) in [4.78, 5) is 22.5. The molecule has 9 nitrogen and oxygen atoms in total. The second kappa shape index (κ2) is 7.32. The number of carbonyl (C=O) groups is 1. The maximum atomic E-state index is 12.3. The van der Waals surface area contributed by atoms with Gasteiger partial charge in [-0.25, -0.2) is 9.97 Å². The molecule has 0 spiro atoms. The monoisotopic (exact) mass is 319 g/mol. The second-order valence-electron chi connectivity index (χ2n) is 5.50. The number of carbonyl (C=O) groups excluding carboxylic acids is 1. The smallest absolute Gasteiger partial charge is 0.224 e. The Labute approximate surface area is 134 Å². The number of nitrogens with zero attached hydrogens (tertiary/aromatic N) is 6. The van der Waals surface area contributed by atoms with Crippen LogP contribution in [0, 0.1) is 0 Å². The molecule has 2 aromatic rings. The Morgan fingerprint density at radius 3 is 3.22 bits per heavy atom. The standard InChI is InChI=1S/C14H21N7O2/c1-2-3-12-17-14(19-18-12)11-8-20(6-7-23-11)13(22)4-5-21-10-15-9-16-21/h9-11H,2-8H2,1H3,(H,17,18,19). The van der Waals surface area contributed by atoms with Gasteiger partial charge in [-0.05, 0) is 6.42 Å². The minimum absolute atomic E-state index is 0.0816. The molecule has 1 N–H and O–H groups in total. The Kier molecular flexibility index (Phi) is 4.96. The fraction of sp³-hybridized carbons (Fsp3) is 0.643. The van der Waals surface area contributed by atoms with Crippen molar-refractivity contribution in [3.63, 3.8) is 0 Å². The maximum Gasteiger partial charge on any atom is 0.224 e. The van der Waals surface area contributed by atoms with Crippen LogP contribution in [0.2, 0.25) is 0 Å². The fourth-order valence-corrected chi connectivity index (χ4v) is 2.55. The van der Waals surface area contributed by atoms with E-state index in [1.165, 1.54) is 6.33 Å². The highest BCUT2D eigenvalue weighted by molar-refractivity contribution is 5.76. The van der Waals surface area contributed by atoms with Crippen molar-refractivity contribution in [2.45, 2.75) is 38.8 Å². The minimum atomic E-state index is -0.263. The summed E-state index contributed by atoms with van der Waals surface area (Å²) in [6, 6.07) is 0. The lowest BCUT2D eigenvalue weighted by Crippen LogP contribution is -2.42. The van der Waals surface area contributed by atoms with E-state index >= 15 is 0 Å². The third-order valence-electron chi connectivity index (χ3n) is 3.76. The van der Waals surface area contributed by atoms with Crippen molar-refractivity contribution in [1.82, 2.24) is 34.8 Å². The molecule has 1 fully saturated rings. The van der Waals surface area contributed by atoms with Gasteiger partial charge < -0.3 is 9.64 Å². The SMILES string of the molecule is CCCc1nc(C2CN(C(=O)CCn3cncn3)CCO2)n[nH]1. The van der Waals surface area contributed by atoms with Gasteiger partial charge in [-0.15, -0.1) is 0 Å². The van der Waals surface area contributed by atoms with Gasteiger partial charge in [0.1, 0.15) is 24.6 Å². The van der Waals surface area contributed by atoms with Gasteiger partial charge in [0, 0.05) is 19.4 Å². The van der Waals surface area contributed by atoms with Crippen LogP contribution in [0.5, 0.6) is 0 Å².